The lowest BCUT2D eigenvalue weighted by molar-refractivity contribution is 0.313. The molecule has 0 amide bonds. The van der Waals surface area contributed by atoms with Gasteiger partial charge in [0.05, 0.1) is 69.4 Å². The fraction of sp³-hybridized carbons (Fsp3) is 0.235. The third-order valence-corrected chi connectivity index (χ3v) is 14.4. The highest BCUT2D eigenvalue weighted by Crippen LogP contribution is 2.36. The molecule has 5 N–H and O–H groups in total. The van der Waals surface area contributed by atoms with Crippen LogP contribution in [0.15, 0.2) is 172 Å². The molecule has 0 spiro atoms. The first-order valence-corrected chi connectivity index (χ1v) is 34.9. The molecule has 1 aromatic heterocycles. The maximum atomic E-state index is 12.5. The molecule has 0 aliphatic rings. The number of anilines is 1. The number of ether oxygens (including phenoxy) is 2. The third kappa shape index (κ3) is 29.6. The Morgan fingerprint density at radius 1 is 0.452 bits per heavy atom. The van der Waals surface area contributed by atoms with Crippen molar-refractivity contribution in [1.82, 2.24) is 15.0 Å². The second-order valence-corrected chi connectivity index (χ2v) is 25.4. The summed E-state index contributed by atoms with van der Waals surface area (Å²) in [6.07, 6.45) is 0.512. The molecule has 496 valence electrons. The summed E-state index contributed by atoms with van der Waals surface area (Å²) in [5, 5.41) is 36.5. The van der Waals surface area contributed by atoms with E-state index in [2.05, 4.69) is 56.2 Å². The van der Waals surface area contributed by atoms with Crippen LogP contribution < -0.4 is 14.8 Å². The largest absolute Gasteiger partial charge is 0.493 e. The highest BCUT2D eigenvalue weighted by atomic mass is 32.2. The molecule has 7 aromatic rings. The lowest BCUT2D eigenvalue weighted by Gasteiger charge is -2.16. The normalized spacial score (nSPS) is 11.7. The second kappa shape index (κ2) is 36.0. The topological polar surface area (TPSA) is 539 Å². The van der Waals surface area contributed by atoms with Gasteiger partial charge in [-0.05, 0) is 129 Å². The van der Waals surface area contributed by atoms with Crippen molar-refractivity contribution in [2.45, 2.75) is 56.2 Å². The molecule has 0 radical (unpaired) electrons. The maximum Gasteiger partial charge on any atom is 0.425 e. The number of aryl methyl sites for hydroxylation is 2. The Balaban J connectivity index is 0.00000141. The average Bonchev–Trinajstić information content (AvgIpc) is 0.835. The number of nitrogens with one attached hydrogen (secondary N) is 1. The van der Waals surface area contributed by atoms with Crippen LogP contribution in [0.3, 0.4) is 0 Å². The van der Waals surface area contributed by atoms with Crippen molar-refractivity contribution in [2.24, 2.45) is 40.9 Å². The van der Waals surface area contributed by atoms with Gasteiger partial charge in [0.15, 0.2) is 0 Å². The number of hydrogen-bond donors (Lipinski definition) is 5. The zero-order valence-corrected chi connectivity index (χ0v) is 53.9. The first-order valence-electron chi connectivity index (χ1n) is 25.8. The second-order valence-electron chi connectivity index (χ2n) is 18.2. The number of hydrogen-bond acceptors (Lipinski definition) is 31. The van der Waals surface area contributed by atoms with Crippen molar-refractivity contribution >= 4 is 124 Å². The van der Waals surface area contributed by atoms with E-state index in [1.807, 2.05) is 6.92 Å². The molecule has 0 aliphatic heterocycles. The van der Waals surface area contributed by atoms with Gasteiger partial charge in [-0.3, -0.25) is 18.2 Å². The van der Waals surface area contributed by atoms with Gasteiger partial charge in [-0.1, -0.05) is 25.1 Å². The van der Waals surface area contributed by atoms with Crippen molar-refractivity contribution in [3.63, 3.8) is 0 Å². The Hall–Kier alpha value is -9.37. The summed E-state index contributed by atoms with van der Waals surface area (Å²) >= 11 is 0. The predicted octanol–water partition coefficient (Wildman–Crippen LogP) is 8.56. The third-order valence-electron chi connectivity index (χ3n) is 11.2. The molecule has 0 aliphatic carbocycles. The van der Waals surface area contributed by atoms with E-state index in [4.69, 9.17) is 52.3 Å². The molecule has 35 nitrogen and oxygen atoms in total. The van der Waals surface area contributed by atoms with Gasteiger partial charge in [0.1, 0.15) is 33.7 Å². The molecule has 1 heterocycles. The number of rotatable bonds is 26. The zero-order chi connectivity index (χ0) is 69.1. The Morgan fingerprint density at radius 3 is 1.29 bits per heavy atom. The highest BCUT2D eigenvalue weighted by Gasteiger charge is 2.20. The van der Waals surface area contributed by atoms with E-state index < -0.39 is 88.7 Å². The van der Waals surface area contributed by atoms with Gasteiger partial charge in [0.25, 0.3) is 40.5 Å². The fourth-order valence-electron chi connectivity index (χ4n) is 7.28. The molecule has 7 rings (SSSR count). The Kier molecular flexibility index (Phi) is 29.5. The van der Waals surface area contributed by atoms with Gasteiger partial charge in [-0.15, -0.1) is 43.0 Å². The predicted molar refractivity (Wildman–Crippen MR) is 326 cm³/mol. The summed E-state index contributed by atoms with van der Waals surface area (Å²) in [4.78, 5) is 13.0. The molecular weight excluding hydrogens is 1370 g/mol. The average molecular weight is 1430 g/mol. The Morgan fingerprint density at radius 2 is 0.849 bits per heavy atom. The summed E-state index contributed by atoms with van der Waals surface area (Å²) in [6, 6.07) is 31.0. The summed E-state index contributed by atoms with van der Waals surface area (Å²) < 4.78 is 221. The number of aromatic nitrogens is 3. The van der Waals surface area contributed by atoms with Crippen molar-refractivity contribution in [1.29, 1.82) is 0 Å². The van der Waals surface area contributed by atoms with Crippen LogP contribution in [0.4, 0.5) is 51.4 Å². The first kappa shape index (κ1) is 76.1. The minimum Gasteiger partial charge on any atom is -0.493 e. The van der Waals surface area contributed by atoms with E-state index in [1.54, 1.807) is 92.7 Å². The molecule has 0 unspecified atom stereocenters. The van der Waals surface area contributed by atoms with E-state index in [1.165, 1.54) is 36.4 Å². The van der Waals surface area contributed by atoms with E-state index in [0.29, 0.717) is 62.9 Å². The molecule has 42 heteroatoms. The minimum atomic E-state index is -4.80. The van der Waals surface area contributed by atoms with E-state index >= 15 is 0 Å². The van der Waals surface area contributed by atoms with Crippen LogP contribution in [0.2, 0.25) is 0 Å². The van der Waals surface area contributed by atoms with Crippen LogP contribution in [0, 0.1) is 13.8 Å². The summed E-state index contributed by atoms with van der Waals surface area (Å²) in [5.74, 6) is -0.363. The smallest absolute Gasteiger partial charge is 0.425 e. The SMILES string of the molecule is CCCOc1cc(N=Nc2ccc(N=Nc3ccccc3)cc2S(=O)(=O)O)c(C)cc1Cc1nc(Cc2cc(C)c(N=Nc3ccc(N=Nc4ccc(S(=O)(=O)O)cc4)cc3)cc2OCCCS(=O)(=O)O)nc(NCCS(=O)(=O)O)n1.O=S(=O)=O.O=S(=O)=O.O=S(=O)=O. The van der Waals surface area contributed by atoms with Crippen LogP contribution in [-0.4, -0.2) is 136 Å². The molecule has 93 heavy (non-hydrogen) atoms. The van der Waals surface area contributed by atoms with E-state index in [9.17, 15) is 51.9 Å². The molecule has 6 aromatic carbocycles. The maximum absolute atomic E-state index is 12.5. The number of nitrogens with zero attached hydrogens (tertiary/aromatic N) is 11. The molecule has 0 bridgehead atoms. The lowest BCUT2D eigenvalue weighted by atomic mass is 10.0. The molecule has 0 fully saturated rings. The van der Waals surface area contributed by atoms with E-state index in [0.717, 1.165) is 6.07 Å². The molecular formula is C51H52N12O23S7. The molecule has 0 atom stereocenters. The van der Waals surface area contributed by atoms with Crippen LogP contribution in [0.5, 0.6) is 11.5 Å². The lowest BCUT2D eigenvalue weighted by Crippen LogP contribution is -2.18. The van der Waals surface area contributed by atoms with Gasteiger partial charge in [-0.2, -0.15) is 79.4 Å². The summed E-state index contributed by atoms with van der Waals surface area (Å²) in [7, 11) is -27.2. The fourth-order valence-corrected chi connectivity index (χ4v) is 9.24. The summed E-state index contributed by atoms with van der Waals surface area (Å²) in [5.41, 5.74) is 4.58. The van der Waals surface area contributed by atoms with Gasteiger partial charge in [-0.25, -0.2) is 4.98 Å². The molecule has 0 saturated carbocycles. The zero-order valence-electron chi connectivity index (χ0n) is 48.2. The van der Waals surface area contributed by atoms with E-state index in [-0.39, 0.29) is 84.3 Å². The molecule has 0 saturated heterocycles. The van der Waals surface area contributed by atoms with Crippen molar-refractivity contribution in [2.75, 3.05) is 36.6 Å². The Bertz CT molecular complexity index is 4670. The highest BCUT2D eigenvalue weighted by molar-refractivity contribution is 7.86. The number of benzene rings is 6. The van der Waals surface area contributed by atoms with Gasteiger partial charge < -0.3 is 14.8 Å². The van der Waals surface area contributed by atoms with Crippen molar-refractivity contribution < 1.29 is 99.2 Å². The van der Waals surface area contributed by atoms with Gasteiger partial charge >= 0.3 is 31.8 Å². The van der Waals surface area contributed by atoms with Crippen LogP contribution in [-0.2, 0) is 85.1 Å². The standard InChI is InChI=1S/C51H52N12O14S4.3O3S/c1-4-22-76-46-32-45(63-61-43-20-17-41(30-48(43)81(73,74)75)60-56-37-9-6-5-7-10-37)34(3)27-35(46)28-49-53-50(55-51(54-49)52-21-25-79(67,68)69)29-36-26-33(2)44(31-47(36)77-23-8-24-78(64,65)66)62-59-39-13-11-38(12-14-39)57-58-40-15-18-42(19-16-40)80(70,71)72;3*1-4(2)3/h5-7,9-20,26-27,30-32H,4,8,21-25,28-29H2,1-3H3,(H,64,65,66)(H,67,68,69)(H,70,71,72)(H,73,74,75)(H,52,53,54,55);;;. The first-order chi connectivity index (χ1) is 43.6. The van der Waals surface area contributed by atoms with Crippen LogP contribution in [0.25, 0.3) is 0 Å². The van der Waals surface area contributed by atoms with Crippen molar-refractivity contribution in [3.8, 4) is 11.5 Å². The van der Waals surface area contributed by atoms with Crippen LogP contribution >= 0.6 is 0 Å². The van der Waals surface area contributed by atoms with Gasteiger partial charge in [0, 0.05) is 42.6 Å². The quantitative estimate of drug-likeness (QED) is 0.0192. The minimum absolute atomic E-state index is 0.0142. The number of azo groups is 4. The van der Waals surface area contributed by atoms with Crippen molar-refractivity contribution in [3.05, 3.63) is 155 Å². The summed E-state index contributed by atoms with van der Waals surface area (Å²) in [6.45, 7) is 5.24. The monoisotopic (exact) mass is 1420 g/mol. The van der Waals surface area contributed by atoms with Crippen LogP contribution in [0.1, 0.15) is 53.7 Å². The Labute approximate surface area is 535 Å². The van der Waals surface area contributed by atoms with Gasteiger partial charge in [0.2, 0.25) is 5.95 Å².